The molecule has 2 aromatic rings. The highest BCUT2D eigenvalue weighted by Gasteiger charge is 2.34. The molecule has 1 aliphatic rings. The molecule has 1 aliphatic heterocycles. The van der Waals surface area contributed by atoms with E-state index in [1.807, 2.05) is 31.2 Å². The van der Waals surface area contributed by atoms with Gasteiger partial charge in [0.25, 0.3) is 11.8 Å². The van der Waals surface area contributed by atoms with Crippen molar-refractivity contribution >= 4 is 17.7 Å². The summed E-state index contributed by atoms with van der Waals surface area (Å²) in [6, 6.07) is 14.6. The summed E-state index contributed by atoms with van der Waals surface area (Å²) in [6.07, 6.45) is 1.73. The number of carbonyl (C=O) groups excluding carboxylic acids is 3. The van der Waals surface area contributed by atoms with Crippen molar-refractivity contribution in [3.05, 3.63) is 65.2 Å². The number of rotatable bonds is 8. The predicted molar refractivity (Wildman–Crippen MR) is 105 cm³/mol. The van der Waals surface area contributed by atoms with Gasteiger partial charge in [0.15, 0.2) is 0 Å². The molecule has 0 spiro atoms. The second-order valence-electron chi connectivity index (χ2n) is 6.91. The van der Waals surface area contributed by atoms with Gasteiger partial charge >= 0.3 is 0 Å². The maximum absolute atomic E-state index is 12.3. The molecule has 1 heterocycles. The van der Waals surface area contributed by atoms with E-state index in [1.165, 1.54) is 5.56 Å². The Labute approximate surface area is 164 Å². The number of carbonyl (C=O) groups is 3. The molecule has 3 amide bonds. The number of amides is 3. The Hall–Kier alpha value is -3.15. The lowest BCUT2D eigenvalue weighted by atomic mass is 10.1. The fourth-order valence-corrected chi connectivity index (χ4v) is 3.25. The number of fused-ring (bicyclic) bond motifs is 1. The van der Waals surface area contributed by atoms with Crippen LogP contribution in [0.15, 0.2) is 48.5 Å². The smallest absolute Gasteiger partial charge is 0.261 e. The molecule has 0 radical (unpaired) electrons. The molecule has 0 bridgehead atoms. The number of methoxy groups -OCH3 is 1. The summed E-state index contributed by atoms with van der Waals surface area (Å²) >= 11 is 0. The van der Waals surface area contributed by atoms with E-state index in [0.29, 0.717) is 11.1 Å². The number of ether oxygens (including phenoxy) is 1. The molecule has 6 nitrogen and oxygen atoms in total. The van der Waals surface area contributed by atoms with Gasteiger partial charge in [0, 0.05) is 19.0 Å². The topological polar surface area (TPSA) is 75.7 Å². The van der Waals surface area contributed by atoms with Crippen LogP contribution >= 0.6 is 0 Å². The van der Waals surface area contributed by atoms with E-state index in [0.717, 1.165) is 23.5 Å². The Balaban J connectivity index is 1.44. The van der Waals surface area contributed by atoms with Gasteiger partial charge in [0.2, 0.25) is 5.91 Å². The van der Waals surface area contributed by atoms with Crippen molar-refractivity contribution in [1.29, 1.82) is 0 Å². The number of hydrogen-bond acceptors (Lipinski definition) is 4. The molecule has 146 valence electrons. The van der Waals surface area contributed by atoms with E-state index in [2.05, 4.69) is 5.32 Å². The fourth-order valence-electron chi connectivity index (χ4n) is 3.25. The normalized spacial score (nSPS) is 14.0. The molecule has 2 aromatic carbocycles. The predicted octanol–water partition coefficient (Wildman–Crippen LogP) is 2.82. The monoisotopic (exact) mass is 380 g/mol. The van der Waals surface area contributed by atoms with Crippen LogP contribution in [-0.4, -0.2) is 42.3 Å². The first-order valence-electron chi connectivity index (χ1n) is 9.37. The number of nitrogens with zero attached hydrogens (tertiary/aromatic N) is 1. The van der Waals surface area contributed by atoms with Gasteiger partial charge in [0.1, 0.15) is 5.75 Å². The maximum Gasteiger partial charge on any atom is 0.261 e. The molecule has 0 aliphatic carbocycles. The van der Waals surface area contributed by atoms with E-state index in [9.17, 15) is 14.4 Å². The summed E-state index contributed by atoms with van der Waals surface area (Å²) in [5, 5.41) is 2.93. The van der Waals surface area contributed by atoms with Crippen molar-refractivity contribution < 1.29 is 19.1 Å². The van der Waals surface area contributed by atoms with E-state index >= 15 is 0 Å². The highest BCUT2D eigenvalue weighted by atomic mass is 16.5. The van der Waals surface area contributed by atoms with E-state index in [1.54, 1.807) is 31.4 Å². The van der Waals surface area contributed by atoms with Crippen LogP contribution in [0.25, 0.3) is 0 Å². The first kappa shape index (κ1) is 19.6. The van der Waals surface area contributed by atoms with Crippen LogP contribution in [0.5, 0.6) is 5.75 Å². The van der Waals surface area contributed by atoms with Crippen LogP contribution in [0.3, 0.4) is 0 Å². The van der Waals surface area contributed by atoms with Crippen molar-refractivity contribution in [3.8, 4) is 5.75 Å². The summed E-state index contributed by atoms with van der Waals surface area (Å²) in [4.78, 5) is 38.0. The molecule has 28 heavy (non-hydrogen) atoms. The lowest BCUT2D eigenvalue weighted by Crippen LogP contribution is -2.37. The maximum atomic E-state index is 12.3. The number of imide groups is 1. The molecule has 3 rings (SSSR count). The highest BCUT2D eigenvalue weighted by molar-refractivity contribution is 6.21. The van der Waals surface area contributed by atoms with Crippen molar-refractivity contribution in [1.82, 2.24) is 10.2 Å². The molecule has 0 fully saturated rings. The van der Waals surface area contributed by atoms with Crippen LogP contribution in [0.2, 0.25) is 0 Å². The largest absolute Gasteiger partial charge is 0.497 e. The molecule has 1 atom stereocenters. The zero-order valence-electron chi connectivity index (χ0n) is 16.1. The van der Waals surface area contributed by atoms with Crippen molar-refractivity contribution in [2.75, 3.05) is 13.7 Å². The number of benzene rings is 2. The van der Waals surface area contributed by atoms with Gasteiger partial charge in [-0.05, 0) is 49.6 Å². The van der Waals surface area contributed by atoms with E-state index in [4.69, 9.17) is 4.74 Å². The van der Waals surface area contributed by atoms with Crippen molar-refractivity contribution in [2.45, 2.75) is 32.2 Å². The Kier molecular flexibility index (Phi) is 6.09. The number of hydrogen-bond donors (Lipinski definition) is 1. The van der Waals surface area contributed by atoms with Crippen molar-refractivity contribution in [3.63, 3.8) is 0 Å². The van der Waals surface area contributed by atoms with Crippen molar-refractivity contribution in [2.24, 2.45) is 0 Å². The number of nitrogens with one attached hydrogen (secondary N) is 1. The van der Waals surface area contributed by atoms with Crippen LogP contribution < -0.4 is 10.1 Å². The van der Waals surface area contributed by atoms with Crippen LogP contribution in [0.4, 0.5) is 0 Å². The summed E-state index contributed by atoms with van der Waals surface area (Å²) in [5.74, 6) is -0.0149. The summed E-state index contributed by atoms with van der Waals surface area (Å²) in [7, 11) is 1.63. The average Bonchev–Trinajstić information content (AvgIpc) is 2.95. The summed E-state index contributed by atoms with van der Waals surface area (Å²) < 4.78 is 5.14. The molecular formula is C22H24N2O4. The van der Waals surface area contributed by atoms with Gasteiger partial charge in [-0.2, -0.15) is 0 Å². The second kappa shape index (κ2) is 8.69. The zero-order valence-corrected chi connectivity index (χ0v) is 16.1. The molecule has 0 aromatic heterocycles. The molecule has 1 unspecified atom stereocenters. The third kappa shape index (κ3) is 4.39. The quantitative estimate of drug-likeness (QED) is 0.715. The van der Waals surface area contributed by atoms with Gasteiger partial charge in [-0.25, -0.2) is 0 Å². The van der Waals surface area contributed by atoms with Gasteiger partial charge in [-0.1, -0.05) is 24.3 Å². The van der Waals surface area contributed by atoms with Gasteiger partial charge in [-0.15, -0.1) is 0 Å². The third-order valence-corrected chi connectivity index (χ3v) is 4.87. The number of aryl methyl sites for hydroxylation is 1. The average molecular weight is 380 g/mol. The first-order valence-corrected chi connectivity index (χ1v) is 9.37. The minimum Gasteiger partial charge on any atom is -0.497 e. The Morgan fingerprint density at radius 1 is 1.04 bits per heavy atom. The first-order chi connectivity index (χ1) is 13.5. The molecule has 1 N–H and O–H groups in total. The standard InChI is InChI=1S/C22H24N2O4/c1-15(7-8-16-9-11-17(28-2)12-10-16)23-20(25)13-14-24-21(26)18-5-3-4-6-19(18)22(24)27/h3-6,9-12,15H,7-8,13-14H2,1-2H3,(H,23,25). The SMILES string of the molecule is COc1ccc(CCC(C)NC(=O)CCN2C(=O)c3ccccc3C2=O)cc1. The van der Waals surface area contributed by atoms with Gasteiger partial charge in [-0.3, -0.25) is 19.3 Å². The van der Waals surface area contributed by atoms with Crippen LogP contribution in [-0.2, 0) is 11.2 Å². The third-order valence-electron chi connectivity index (χ3n) is 4.87. The molecule has 6 heteroatoms. The molecule has 0 saturated carbocycles. The van der Waals surface area contributed by atoms with Gasteiger partial charge in [0.05, 0.1) is 18.2 Å². The Morgan fingerprint density at radius 2 is 1.64 bits per heavy atom. The summed E-state index contributed by atoms with van der Waals surface area (Å²) in [6.45, 7) is 2.03. The highest BCUT2D eigenvalue weighted by Crippen LogP contribution is 2.22. The minimum atomic E-state index is -0.332. The van der Waals surface area contributed by atoms with E-state index in [-0.39, 0.29) is 36.7 Å². The zero-order chi connectivity index (χ0) is 20.1. The lowest BCUT2D eigenvalue weighted by molar-refractivity contribution is -0.121. The Morgan fingerprint density at radius 3 is 2.21 bits per heavy atom. The lowest BCUT2D eigenvalue weighted by Gasteiger charge is -2.16. The Bertz CT molecular complexity index is 841. The molecular weight excluding hydrogens is 356 g/mol. The van der Waals surface area contributed by atoms with Crippen LogP contribution in [0, 0.1) is 0 Å². The van der Waals surface area contributed by atoms with Gasteiger partial charge < -0.3 is 10.1 Å². The fraction of sp³-hybridized carbons (Fsp3) is 0.318. The second-order valence-corrected chi connectivity index (χ2v) is 6.91. The van der Waals surface area contributed by atoms with E-state index < -0.39 is 0 Å². The minimum absolute atomic E-state index is 0.00298. The van der Waals surface area contributed by atoms with Crippen LogP contribution in [0.1, 0.15) is 46.0 Å². The summed E-state index contributed by atoms with van der Waals surface area (Å²) in [5.41, 5.74) is 1.98. The molecule has 0 saturated heterocycles.